The quantitative estimate of drug-likeness (QED) is 0.630. The van der Waals surface area contributed by atoms with Crippen LogP contribution in [0.2, 0.25) is 0 Å². The number of esters is 1. The summed E-state index contributed by atoms with van der Waals surface area (Å²) in [5.74, 6) is -0.793. The zero-order valence-corrected chi connectivity index (χ0v) is 9.07. The molecule has 0 aliphatic heterocycles. The summed E-state index contributed by atoms with van der Waals surface area (Å²) >= 11 is 0. The van der Waals surface area contributed by atoms with Crippen LogP contribution in [0.25, 0.3) is 0 Å². The van der Waals surface area contributed by atoms with Crippen molar-refractivity contribution in [3.63, 3.8) is 0 Å². The van der Waals surface area contributed by atoms with Gasteiger partial charge in [0.1, 0.15) is 5.82 Å². The number of ether oxygens (including phenoxy) is 1. The molecule has 1 fully saturated rings. The van der Waals surface area contributed by atoms with Gasteiger partial charge in [-0.1, -0.05) is 6.07 Å². The van der Waals surface area contributed by atoms with Crippen molar-refractivity contribution >= 4 is 11.7 Å². The largest absolute Gasteiger partial charge is 0.466 e. The Morgan fingerprint density at radius 2 is 2.38 bits per heavy atom. The van der Waals surface area contributed by atoms with E-state index < -0.39 is 0 Å². The van der Waals surface area contributed by atoms with E-state index in [0.717, 1.165) is 0 Å². The van der Waals surface area contributed by atoms with Crippen molar-refractivity contribution in [1.29, 1.82) is 0 Å². The van der Waals surface area contributed by atoms with Crippen LogP contribution in [0.1, 0.15) is 24.8 Å². The maximum atomic E-state index is 13.5. The highest BCUT2D eigenvalue weighted by Crippen LogP contribution is 2.49. The van der Waals surface area contributed by atoms with E-state index >= 15 is 0 Å². The van der Waals surface area contributed by atoms with Crippen LogP contribution >= 0.6 is 0 Å². The van der Waals surface area contributed by atoms with Crippen molar-refractivity contribution in [3.8, 4) is 0 Å². The lowest BCUT2D eigenvalue weighted by Crippen LogP contribution is -2.07. The molecule has 1 aromatic rings. The summed E-state index contributed by atoms with van der Waals surface area (Å²) in [7, 11) is 0. The first-order chi connectivity index (χ1) is 7.63. The molecule has 4 heteroatoms. The van der Waals surface area contributed by atoms with Crippen LogP contribution in [0.3, 0.4) is 0 Å². The van der Waals surface area contributed by atoms with Gasteiger partial charge in [-0.15, -0.1) is 0 Å². The lowest BCUT2D eigenvalue weighted by atomic mass is 10.1. The number of nitrogen functional groups attached to an aromatic ring is 1. The van der Waals surface area contributed by atoms with Crippen LogP contribution in [0.4, 0.5) is 10.1 Å². The highest BCUT2D eigenvalue weighted by atomic mass is 19.1. The number of nitrogens with two attached hydrogens (primary N) is 1. The molecule has 0 bridgehead atoms. The fraction of sp³-hybridized carbons (Fsp3) is 0.417. The standard InChI is InChI=1S/C12H14FNO2/c1-2-16-12(15)10-6-9(10)8-4-3-7(14)5-11(8)13/h3-5,9-10H,2,6,14H2,1H3/t9-,10+/m1/s1. The molecule has 16 heavy (non-hydrogen) atoms. The molecule has 86 valence electrons. The smallest absolute Gasteiger partial charge is 0.309 e. The summed E-state index contributed by atoms with van der Waals surface area (Å²) in [4.78, 5) is 11.4. The van der Waals surface area contributed by atoms with Crippen LogP contribution in [0, 0.1) is 11.7 Å². The van der Waals surface area contributed by atoms with Crippen molar-refractivity contribution < 1.29 is 13.9 Å². The molecule has 3 nitrogen and oxygen atoms in total. The summed E-state index contributed by atoms with van der Waals surface area (Å²) in [6, 6.07) is 4.59. The van der Waals surface area contributed by atoms with E-state index in [1.54, 1.807) is 19.1 Å². The predicted molar refractivity (Wildman–Crippen MR) is 58.3 cm³/mol. The summed E-state index contributed by atoms with van der Waals surface area (Å²) in [5.41, 5.74) is 6.42. The zero-order valence-electron chi connectivity index (χ0n) is 9.07. The molecule has 2 N–H and O–H groups in total. The summed E-state index contributed by atoms with van der Waals surface area (Å²) in [6.45, 7) is 2.13. The molecule has 2 rings (SSSR count). The average Bonchev–Trinajstić information content (AvgIpc) is 2.98. The van der Waals surface area contributed by atoms with Gasteiger partial charge in [0.05, 0.1) is 12.5 Å². The van der Waals surface area contributed by atoms with E-state index in [9.17, 15) is 9.18 Å². The summed E-state index contributed by atoms with van der Waals surface area (Å²) in [6.07, 6.45) is 0.666. The van der Waals surface area contributed by atoms with E-state index in [2.05, 4.69) is 0 Å². The van der Waals surface area contributed by atoms with Crippen molar-refractivity contribution in [2.75, 3.05) is 12.3 Å². The molecule has 1 saturated carbocycles. The lowest BCUT2D eigenvalue weighted by Gasteiger charge is -2.03. The molecule has 2 atom stereocenters. The van der Waals surface area contributed by atoms with Crippen LogP contribution in [0.15, 0.2) is 18.2 Å². The SMILES string of the molecule is CCOC(=O)[C@H]1C[C@@H]1c1ccc(N)cc1F. The number of carbonyl (C=O) groups excluding carboxylic acids is 1. The average molecular weight is 223 g/mol. The fourth-order valence-electron chi connectivity index (χ4n) is 1.89. The molecule has 0 spiro atoms. The Kier molecular flexibility index (Phi) is 2.81. The second-order valence-electron chi connectivity index (χ2n) is 3.98. The molecule has 1 aliphatic rings. The second kappa shape index (κ2) is 4.12. The molecule has 1 aromatic carbocycles. The van der Waals surface area contributed by atoms with Crippen LogP contribution < -0.4 is 5.73 Å². The molecule has 0 radical (unpaired) electrons. The molecule has 0 aromatic heterocycles. The Balaban J connectivity index is 2.08. The van der Waals surface area contributed by atoms with Gasteiger partial charge in [-0.3, -0.25) is 4.79 Å². The monoisotopic (exact) mass is 223 g/mol. The fourth-order valence-corrected chi connectivity index (χ4v) is 1.89. The minimum Gasteiger partial charge on any atom is -0.466 e. The minimum atomic E-state index is -0.336. The maximum absolute atomic E-state index is 13.5. The van der Waals surface area contributed by atoms with E-state index in [1.165, 1.54) is 6.07 Å². The van der Waals surface area contributed by atoms with E-state index in [0.29, 0.717) is 24.3 Å². The molecule has 0 unspecified atom stereocenters. The number of carbonyl (C=O) groups is 1. The number of benzene rings is 1. The van der Waals surface area contributed by atoms with Gasteiger partial charge < -0.3 is 10.5 Å². The van der Waals surface area contributed by atoms with Crippen molar-refractivity contribution in [2.24, 2.45) is 5.92 Å². The normalized spacial score (nSPS) is 22.9. The van der Waals surface area contributed by atoms with E-state index in [-0.39, 0.29) is 23.6 Å². The van der Waals surface area contributed by atoms with E-state index in [1.807, 2.05) is 0 Å². The molecular weight excluding hydrogens is 209 g/mol. The third kappa shape index (κ3) is 2.01. The first-order valence-electron chi connectivity index (χ1n) is 5.35. The van der Waals surface area contributed by atoms with Crippen molar-refractivity contribution in [3.05, 3.63) is 29.6 Å². The number of anilines is 1. The Morgan fingerprint density at radius 3 is 3.00 bits per heavy atom. The van der Waals surface area contributed by atoms with Crippen LogP contribution in [-0.4, -0.2) is 12.6 Å². The van der Waals surface area contributed by atoms with Gasteiger partial charge in [-0.05, 0) is 31.0 Å². The van der Waals surface area contributed by atoms with Gasteiger partial charge >= 0.3 is 5.97 Å². The molecular formula is C12H14FNO2. The lowest BCUT2D eigenvalue weighted by molar-refractivity contribution is -0.144. The topological polar surface area (TPSA) is 52.3 Å². The highest BCUT2D eigenvalue weighted by molar-refractivity contribution is 5.77. The Labute approximate surface area is 93.4 Å². The molecule has 0 saturated heterocycles. The Hall–Kier alpha value is -1.58. The summed E-state index contributed by atoms with van der Waals surface area (Å²) < 4.78 is 18.4. The first kappa shape index (κ1) is 10.9. The Bertz CT molecular complexity index is 419. The van der Waals surface area contributed by atoms with Gasteiger partial charge in [0, 0.05) is 11.6 Å². The van der Waals surface area contributed by atoms with Gasteiger partial charge in [0.15, 0.2) is 0 Å². The van der Waals surface area contributed by atoms with Gasteiger partial charge in [0.2, 0.25) is 0 Å². The maximum Gasteiger partial charge on any atom is 0.309 e. The summed E-state index contributed by atoms with van der Waals surface area (Å²) in [5, 5.41) is 0. The third-order valence-electron chi connectivity index (χ3n) is 2.80. The zero-order chi connectivity index (χ0) is 11.7. The molecule has 1 aliphatic carbocycles. The Morgan fingerprint density at radius 1 is 1.62 bits per heavy atom. The minimum absolute atomic E-state index is 0.0420. The molecule has 0 amide bonds. The number of rotatable bonds is 3. The van der Waals surface area contributed by atoms with Gasteiger partial charge in [-0.25, -0.2) is 4.39 Å². The molecule has 0 heterocycles. The van der Waals surface area contributed by atoms with Crippen LogP contribution in [-0.2, 0) is 9.53 Å². The van der Waals surface area contributed by atoms with Crippen molar-refractivity contribution in [1.82, 2.24) is 0 Å². The number of hydrogen-bond donors (Lipinski definition) is 1. The van der Waals surface area contributed by atoms with Gasteiger partial charge in [0.25, 0.3) is 0 Å². The third-order valence-corrected chi connectivity index (χ3v) is 2.80. The van der Waals surface area contributed by atoms with Crippen molar-refractivity contribution in [2.45, 2.75) is 19.3 Å². The number of hydrogen-bond acceptors (Lipinski definition) is 3. The number of halogens is 1. The predicted octanol–water partition coefficient (Wildman–Crippen LogP) is 2.07. The van der Waals surface area contributed by atoms with E-state index in [4.69, 9.17) is 10.5 Å². The highest BCUT2D eigenvalue weighted by Gasteiger charge is 2.46. The van der Waals surface area contributed by atoms with Crippen LogP contribution in [0.5, 0.6) is 0 Å². The first-order valence-corrected chi connectivity index (χ1v) is 5.35. The second-order valence-corrected chi connectivity index (χ2v) is 3.98. The van der Waals surface area contributed by atoms with Gasteiger partial charge in [-0.2, -0.15) is 0 Å².